The predicted octanol–water partition coefficient (Wildman–Crippen LogP) is 3.14. The Bertz CT molecular complexity index is 1160. The number of hydrogen-bond acceptors (Lipinski definition) is 8. The van der Waals surface area contributed by atoms with Crippen molar-refractivity contribution in [3.8, 4) is 11.5 Å². The van der Waals surface area contributed by atoms with Crippen LogP contribution in [0, 0.1) is 0 Å². The van der Waals surface area contributed by atoms with Crippen LogP contribution in [0.5, 0.6) is 11.5 Å². The summed E-state index contributed by atoms with van der Waals surface area (Å²) in [5.41, 5.74) is 0.363. The SMILES string of the molecule is CCCCN(CCN1CCOCC1)c1cc(C(=O)O)cc(S(=O)(=O)N2CCOCC2)c1Oc1ccccc1. The average molecular weight is 548 g/mol. The van der Waals surface area contributed by atoms with Crippen molar-refractivity contribution in [3.63, 3.8) is 0 Å². The monoisotopic (exact) mass is 547 g/mol. The minimum absolute atomic E-state index is 0.0971. The lowest BCUT2D eigenvalue weighted by Gasteiger charge is -2.33. The third-order valence-electron chi connectivity index (χ3n) is 6.75. The van der Waals surface area contributed by atoms with Crippen molar-refractivity contribution < 1.29 is 32.5 Å². The van der Waals surface area contributed by atoms with Crippen LogP contribution >= 0.6 is 0 Å². The predicted molar refractivity (Wildman–Crippen MR) is 144 cm³/mol. The number of carbonyl (C=O) groups is 1. The maximum absolute atomic E-state index is 13.9. The Morgan fingerprint density at radius 3 is 2.29 bits per heavy atom. The molecule has 2 aromatic rings. The minimum atomic E-state index is -4.07. The van der Waals surface area contributed by atoms with Crippen molar-refractivity contribution in [2.45, 2.75) is 24.7 Å². The van der Waals surface area contributed by atoms with Gasteiger partial charge in [-0.05, 0) is 30.7 Å². The van der Waals surface area contributed by atoms with Crippen molar-refractivity contribution in [2.75, 3.05) is 77.1 Å². The number of unbranched alkanes of at least 4 members (excludes halogenated alkanes) is 1. The van der Waals surface area contributed by atoms with E-state index < -0.39 is 16.0 Å². The molecule has 0 amide bonds. The van der Waals surface area contributed by atoms with Crippen LogP contribution < -0.4 is 9.64 Å². The Morgan fingerprint density at radius 1 is 1.00 bits per heavy atom. The number of hydrogen-bond donors (Lipinski definition) is 1. The highest BCUT2D eigenvalue weighted by atomic mass is 32.2. The summed E-state index contributed by atoms with van der Waals surface area (Å²) in [6, 6.07) is 11.7. The van der Waals surface area contributed by atoms with E-state index in [9.17, 15) is 18.3 Å². The van der Waals surface area contributed by atoms with Crippen molar-refractivity contribution in [1.82, 2.24) is 9.21 Å². The van der Waals surface area contributed by atoms with E-state index in [2.05, 4.69) is 16.7 Å². The zero-order valence-electron chi connectivity index (χ0n) is 21.9. The van der Waals surface area contributed by atoms with E-state index >= 15 is 0 Å². The molecule has 2 aliphatic rings. The van der Waals surface area contributed by atoms with Gasteiger partial charge in [0.1, 0.15) is 10.6 Å². The molecule has 4 rings (SSSR count). The number of aromatic carboxylic acids is 1. The van der Waals surface area contributed by atoms with Gasteiger partial charge in [0, 0.05) is 45.8 Å². The first-order valence-corrected chi connectivity index (χ1v) is 14.6. The highest BCUT2D eigenvalue weighted by Gasteiger charge is 2.33. The van der Waals surface area contributed by atoms with Gasteiger partial charge in [0.05, 0.1) is 37.7 Å². The average Bonchev–Trinajstić information content (AvgIpc) is 2.95. The van der Waals surface area contributed by atoms with Crippen LogP contribution in [0.1, 0.15) is 30.1 Å². The van der Waals surface area contributed by atoms with Gasteiger partial charge in [-0.25, -0.2) is 13.2 Å². The summed E-state index contributed by atoms with van der Waals surface area (Å²) in [5, 5.41) is 9.97. The zero-order valence-corrected chi connectivity index (χ0v) is 22.7. The molecule has 208 valence electrons. The summed E-state index contributed by atoms with van der Waals surface area (Å²) in [5.74, 6) is -0.579. The van der Waals surface area contributed by atoms with E-state index in [0.717, 1.165) is 32.5 Å². The lowest BCUT2D eigenvalue weighted by Crippen LogP contribution is -2.42. The first-order valence-electron chi connectivity index (χ1n) is 13.2. The molecule has 0 saturated carbocycles. The smallest absolute Gasteiger partial charge is 0.335 e. The van der Waals surface area contributed by atoms with Crippen LogP contribution in [-0.4, -0.2) is 101 Å². The molecule has 10 nitrogen and oxygen atoms in total. The Balaban J connectivity index is 1.82. The molecule has 0 aliphatic carbocycles. The fraction of sp³-hybridized carbons (Fsp3) is 0.519. The molecular formula is C27H37N3O7S. The van der Waals surface area contributed by atoms with Gasteiger partial charge < -0.3 is 24.2 Å². The number of benzene rings is 2. The van der Waals surface area contributed by atoms with Crippen LogP contribution in [0.3, 0.4) is 0 Å². The lowest BCUT2D eigenvalue weighted by molar-refractivity contribution is 0.0391. The molecule has 2 aliphatic heterocycles. The van der Waals surface area contributed by atoms with Gasteiger partial charge in [-0.3, -0.25) is 4.90 Å². The van der Waals surface area contributed by atoms with Crippen molar-refractivity contribution in [2.24, 2.45) is 0 Å². The van der Waals surface area contributed by atoms with Crippen molar-refractivity contribution in [1.29, 1.82) is 0 Å². The van der Waals surface area contributed by atoms with E-state index in [0.29, 0.717) is 37.7 Å². The van der Waals surface area contributed by atoms with Crippen LogP contribution in [-0.2, 0) is 19.5 Å². The van der Waals surface area contributed by atoms with Gasteiger partial charge in [-0.15, -0.1) is 0 Å². The second-order valence-electron chi connectivity index (χ2n) is 9.35. The summed E-state index contributed by atoms with van der Waals surface area (Å²) in [6.45, 7) is 7.97. The molecule has 2 aromatic carbocycles. The number of rotatable bonds is 12. The lowest BCUT2D eigenvalue weighted by atomic mass is 10.1. The molecule has 11 heteroatoms. The fourth-order valence-electron chi connectivity index (χ4n) is 4.56. The summed E-state index contributed by atoms with van der Waals surface area (Å²) in [7, 11) is -4.07. The second kappa shape index (κ2) is 13.4. The van der Waals surface area contributed by atoms with Crippen LogP contribution in [0.25, 0.3) is 0 Å². The van der Waals surface area contributed by atoms with Gasteiger partial charge in [0.15, 0.2) is 5.75 Å². The van der Waals surface area contributed by atoms with Gasteiger partial charge in [-0.1, -0.05) is 31.5 Å². The van der Waals surface area contributed by atoms with E-state index in [1.807, 2.05) is 18.2 Å². The van der Waals surface area contributed by atoms with Crippen molar-refractivity contribution in [3.05, 3.63) is 48.0 Å². The summed E-state index contributed by atoms with van der Waals surface area (Å²) in [6.07, 6.45) is 1.79. The van der Waals surface area contributed by atoms with Crippen LogP contribution in [0.2, 0.25) is 0 Å². The Labute approximate surface area is 224 Å². The molecular weight excluding hydrogens is 510 g/mol. The fourth-order valence-corrected chi connectivity index (χ4v) is 6.13. The summed E-state index contributed by atoms with van der Waals surface area (Å²) in [4.78, 5) is 16.4. The number of nitrogens with zero attached hydrogens (tertiary/aromatic N) is 3. The van der Waals surface area contributed by atoms with E-state index in [4.69, 9.17) is 14.2 Å². The molecule has 0 bridgehead atoms. The Hall–Kier alpha value is -2.70. The Kier molecular flexibility index (Phi) is 9.97. The molecule has 0 spiro atoms. The molecule has 2 saturated heterocycles. The first kappa shape index (κ1) is 28.3. The number of carboxylic acids is 1. The quantitative estimate of drug-likeness (QED) is 0.429. The highest BCUT2D eigenvalue weighted by molar-refractivity contribution is 7.89. The number of carboxylic acid groups (broad SMARTS) is 1. The van der Waals surface area contributed by atoms with E-state index in [1.54, 1.807) is 12.1 Å². The molecule has 0 aromatic heterocycles. The standard InChI is InChI=1S/C27H37N3O7S/c1-2-3-9-29(11-10-28-12-16-35-17-13-28)24-20-22(27(31)32)21-25(26(24)37-23-7-5-4-6-8-23)38(33,34)30-14-18-36-19-15-30/h4-8,20-21H,2-3,9-19H2,1H3,(H,31,32). The molecule has 2 heterocycles. The topological polar surface area (TPSA) is 109 Å². The number of sulfonamides is 1. The Morgan fingerprint density at radius 2 is 1.66 bits per heavy atom. The van der Waals surface area contributed by atoms with Crippen LogP contribution in [0.4, 0.5) is 5.69 Å². The maximum atomic E-state index is 13.9. The molecule has 0 radical (unpaired) electrons. The first-order chi connectivity index (χ1) is 18.4. The second-order valence-corrected chi connectivity index (χ2v) is 11.3. The number of morpholine rings is 2. The molecule has 0 unspecified atom stereocenters. The number of ether oxygens (including phenoxy) is 3. The molecule has 38 heavy (non-hydrogen) atoms. The minimum Gasteiger partial charge on any atom is -0.478 e. The van der Waals surface area contributed by atoms with Gasteiger partial charge in [0.2, 0.25) is 10.0 Å². The highest BCUT2D eigenvalue weighted by Crippen LogP contribution is 2.41. The molecule has 1 N–H and O–H groups in total. The van der Waals surface area contributed by atoms with Gasteiger partial charge in [0.25, 0.3) is 0 Å². The third kappa shape index (κ3) is 7.03. The summed E-state index contributed by atoms with van der Waals surface area (Å²) >= 11 is 0. The van der Waals surface area contributed by atoms with E-state index in [-0.39, 0.29) is 42.5 Å². The summed E-state index contributed by atoms with van der Waals surface area (Å²) < 4.78 is 46.3. The molecule has 0 atom stereocenters. The third-order valence-corrected chi connectivity index (χ3v) is 8.65. The van der Waals surface area contributed by atoms with Gasteiger partial charge >= 0.3 is 5.97 Å². The zero-order chi connectivity index (χ0) is 27.0. The number of para-hydroxylation sites is 1. The van der Waals surface area contributed by atoms with E-state index in [1.165, 1.54) is 16.4 Å². The van der Waals surface area contributed by atoms with Gasteiger partial charge in [-0.2, -0.15) is 4.31 Å². The van der Waals surface area contributed by atoms with Crippen molar-refractivity contribution >= 4 is 21.7 Å². The molecule has 2 fully saturated rings. The van der Waals surface area contributed by atoms with Crippen LogP contribution in [0.15, 0.2) is 47.4 Å². The largest absolute Gasteiger partial charge is 0.478 e. The maximum Gasteiger partial charge on any atom is 0.335 e. The number of anilines is 1. The normalized spacial score (nSPS) is 17.3.